The minimum atomic E-state index is -0.206. The number of piperidine rings is 1. The van der Waals surface area contributed by atoms with Gasteiger partial charge in [-0.2, -0.15) is 0 Å². The zero-order valence-corrected chi connectivity index (χ0v) is 21.6. The van der Waals surface area contributed by atoms with Gasteiger partial charge in [0.2, 0.25) is 0 Å². The number of aromatic amines is 1. The van der Waals surface area contributed by atoms with E-state index in [4.69, 9.17) is 0 Å². The van der Waals surface area contributed by atoms with Crippen LogP contribution in [0, 0.1) is 5.82 Å². The lowest BCUT2D eigenvalue weighted by Crippen LogP contribution is -2.45. The summed E-state index contributed by atoms with van der Waals surface area (Å²) in [6.45, 7) is 5.42. The summed E-state index contributed by atoms with van der Waals surface area (Å²) in [4.78, 5) is 21.6. The first-order valence-corrected chi connectivity index (χ1v) is 13.5. The summed E-state index contributed by atoms with van der Waals surface area (Å²) in [5.41, 5.74) is 9.81. The topological polar surface area (TPSA) is 51.4 Å². The second-order valence-electron chi connectivity index (χ2n) is 10.6. The van der Waals surface area contributed by atoms with Gasteiger partial charge >= 0.3 is 0 Å². The van der Waals surface area contributed by atoms with Crippen LogP contribution in [0.5, 0.6) is 0 Å². The highest BCUT2D eigenvalue weighted by Crippen LogP contribution is 2.29. The van der Waals surface area contributed by atoms with Crippen molar-refractivity contribution in [2.45, 2.75) is 38.4 Å². The molecule has 1 aromatic heterocycles. The van der Waals surface area contributed by atoms with Crippen LogP contribution in [-0.2, 0) is 19.5 Å². The third kappa shape index (κ3) is 5.58. The number of H-pyrrole nitrogens is 1. The molecule has 0 atom stereocenters. The third-order valence-electron chi connectivity index (χ3n) is 7.86. The normalized spacial score (nSPS) is 18.4. The number of rotatable bonds is 6. The maximum Gasteiger partial charge on any atom is 0.251 e. The zero-order valence-electron chi connectivity index (χ0n) is 21.6. The van der Waals surface area contributed by atoms with E-state index in [1.807, 2.05) is 48.6 Å². The van der Waals surface area contributed by atoms with E-state index in [0.29, 0.717) is 5.56 Å². The van der Waals surface area contributed by atoms with E-state index in [9.17, 15) is 9.18 Å². The Labute approximate surface area is 226 Å². The second-order valence-corrected chi connectivity index (χ2v) is 10.6. The lowest BCUT2D eigenvalue weighted by Gasteiger charge is -2.32. The quantitative estimate of drug-likeness (QED) is 0.413. The van der Waals surface area contributed by atoms with Crippen LogP contribution < -0.4 is 5.32 Å². The van der Waals surface area contributed by atoms with Crippen molar-refractivity contribution in [3.05, 3.63) is 112 Å². The minimum absolute atomic E-state index is 0. The lowest BCUT2D eigenvalue weighted by molar-refractivity contribution is 0.0913. The van der Waals surface area contributed by atoms with Crippen molar-refractivity contribution in [1.29, 1.82) is 0 Å². The van der Waals surface area contributed by atoms with Gasteiger partial charge < -0.3 is 10.3 Å². The number of allylic oxidation sites excluding steroid dienone is 3. The van der Waals surface area contributed by atoms with Gasteiger partial charge in [0.15, 0.2) is 0 Å². The SMILES string of the molecule is O=C(NC1CCN(CC2=CC=C=CC=C2)CC1)c1ccc2[nH]c3c(c2c1)CN(Cc1ccc(F)cc1)CC3.[HH].[HH]. The Morgan fingerprint density at radius 1 is 1.05 bits per heavy atom. The summed E-state index contributed by atoms with van der Waals surface area (Å²) >= 11 is 0. The van der Waals surface area contributed by atoms with Crippen molar-refractivity contribution in [2.24, 2.45) is 0 Å². The first-order chi connectivity index (χ1) is 18.6. The number of likely N-dealkylation sites (tertiary alicyclic amines) is 1. The van der Waals surface area contributed by atoms with Crippen LogP contribution in [0.4, 0.5) is 4.39 Å². The number of amides is 1. The summed E-state index contributed by atoms with van der Waals surface area (Å²) < 4.78 is 13.3. The molecule has 0 radical (unpaired) electrons. The molecule has 1 amide bonds. The van der Waals surface area contributed by atoms with E-state index in [0.717, 1.165) is 75.0 Å². The monoisotopic (exact) mass is 512 g/mol. The molecule has 2 aromatic carbocycles. The van der Waals surface area contributed by atoms with Gasteiger partial charge in [0.05, 0.1) is 0 Å². The molecule has 0 saturated carbocycles. The second kappa shape index (κ2) is 11.0. The summed E-state index contributed by atoms with van der Waals surface area (Å²) in [6.07, 6.45) is 13.0. The average Bonchev–Trinajstić information content (AvgIpc) is 3.09. The first-order valence-electron chi connectivity index (χ1n) is 13.5. The molecule has 38 heavy (non-hydrogen) atoms. The van der Waals surface area contributed by atoms with Gasteiger partial charge in [-0.3, -0.25) is 14.6 Å². The molecule has 2 N–H and O–H groups in total. The number of nitrogens with zero attached hydrogens (tertiary/aromatic N) is 2. The third-order valence-corrected chi connectivity index (χ3v) is 7.86. The summed E-state index contributed by atoms with van der Waals surface area (Å²) in [6, 6.07) is 13.0. The number of nitrogens with one attached hydrogen (secondary N) is 2. The number of carbonyl (C=O) groups excluding carboxylic acids is 1. The van der Waals surface area contributed by atoms with Gasteiger partial charge in [0, 0.05) is 76.7 Å². The van der Waals surface area contributed by atoms with Crippen LogP contribution in [0.2, 0.25) is 0 Å². The Morgan fingerprint density at radius 3 is 2.74 bits per heavy atom. The zero-order chi connectivity index (χ0) is 25.9. The highest BCUT2D eigenvalue weighted by molar-refractivity contribution is 5.99. The molecule has 0 unspecified atom stereocenters. The van der Waals surface area contributed by atoms with E-state index < -0.39 is 0 Å². The van der Waals surface area contributed by atoms with Gasteiger partial charge in [0.25, 0.3) is 5.91 Å². The fraction of sp³-hybridized carbons (Fsp3) is 0.312. The van der Waals surface area contributed by atoms with Crippen LogP contribution in [0.15, 0.2) is 84.1 Å². The Hall–Kier alpha value is -3.70. The van der Waals surface area contributed by atoms with E-state index in [1.165, 1.54) is 29.0 Å². The van der Waals surface area contributed by atoms with E-state index in [-0.39, 0.29) is 20.6 Å². The molecular weight excluding hydrogens is 475 g/mol. The number of aromatic nitrogens is 1. The van der Waals surface area contributed by atoms with Crippen molar-refractivity contribution < 1.29 is 12.0 Å². The molecule has 1 fully saturated rings. The van der Waals surface area contributed by atoms with E-state index in [2.05, 4.69) is 38.0 Å². The van der Waals surface area contributed by atoms with Crippen LogP contribution in [0.25, 0.3) is 10.9 Å². The molecule has 1 aliphatic carbocycles. The summed E-state index contributed by atoms with van der Waals surface area (Å²) in [5, 5.41) is 4.41. The molecule has 3 aromatic rings. The number of carbonyl (C=O) groups is 1. The number of benzene rings is 2. The Balaban J connectivity index is 0.00000185. The van der Waals surface area contributed by atoms with Crippen LogP contribution in [0.1, 0.15) is 42.9 Å². The van der Waals surface area contributed by atoms with Crippen LogP contribution in [0.3, 0.4) is 0 Å². The van der Waals surface area contributed by atoms with E-state index in [1.54, 1.807) is 0 Å². The molecule has 1 saturated heterocycles. The molecular formula is C32H37FN4O. The van der Waals surface area contributed by atoms with E-state index >= 15 is 0 Å². The van der Waals surface area contributed by atoms with Gasteiger partial charge in [-0.15, -0.1) is 5.73 Å². The van der Waals surface area contributed by atoms with Crippen molar-refractivity contribution in [3.8, 4) is 0 Å². The molecule has 198 valence electrons. The van der Waals surface area contributed by atoms with Gasteiger partial charge in [-0.05, 0) is 78.1 Å². The van der Waals surface area contributed by atoms with Crippen LogP contribution in [-0.4, -0.2) is 52.9 Å². The number of halogens is 1. The molecule has 0 spiro atoms. The maximum absolute atomic E-state index is 13.3. The predicted octanol–water partition coefficient (Wildman–Crippen LogP) is 5.76. The van der Waals surface area contributed by atoms with Crippen LogP contribution >= 0.6 is 0 Å². The molecule has 3 aliphatic rings. The Kier molecular flexibility index (Phi) is 7.10. The standard InChI is InChI=1S/C32H33FN4O.2H2/c33-26-10-7-24(8-11-26)21-37-18-15-31-29(22-37)28-19-25(9-12-30(28)35-31)32(38)34-27-13-16-36(17-14-27)20-23-5-3-1-2-4-6-23;;/h1,3-12,19,27,35H,13-18,20-22H2,(H,34,38);2*1H. The predicted molar refractivity (Wildman–Crippen MR) is 154 cm³/mol. The van der Waals surface area contributed by atoms with Crippen molar-refractivity contribution in [3.63, 3.8) is 0 Å². The van der Waals surface area contributed by atoms with Gasteiger partial charge in [-0.25, -0.2) is 4.39 Å². The van der Waals surface area contributed by atoms with Crippen molar-refractivity contribution >= 4 is 16.8 Å². The Morgan fingerprint density at radius 2 is 1.89 bits per heavy atom. The molecule has 0 bridgehead atoms. The molecule has 6 heteroatoms. The molecule has 2 aliphatic heterocycles. The molecule has 3 heterocycles. The molecule has 6 rings (SSSR count). The Bertz CT molecular complexity index is 1460. The maximum atomic E-state index is 13.3. The summed E-state index contributed by atoms with van der Waals surface area (Å²) in [7, 11) is 0. The molecule has 5 nitrogen and oxygen atoms in total. The largest absolute Gasteiger partial charge is 0.358 e. The average molecular weight is 513 g/mol. The van der Waals surface area contributed by atoms with Crippen molar-refractivity contribution in [2.75, 3.05) is 26.2 Å². The number of fused-ring (bicyclic) bond motifs is 3. The van der Waals surface area contributed by atoms with Gasteiger partial charge in [-0.1, -0.05) is 24.3 Å². The summed E-state index contributed by atoms with van der Waals surface area (Å²) in [5.74, 6) is -0.201. The minimum Gasteiger partial charge on any atom is -0.358 e. The number of hydrogen-bond acceptors (Lipinski definition) is 3. The highest BCUT2D eigenvalue weighted by Gasteiger charge is 2.24. The highest BCUT2D eigenvalue weighted by atomic mass is 19.1. The smallest absolute Gasteiger partial charge is 0.251 e. The number of hydrogen-bond donors (Lipinski definition) is 2. The fourth-order valence-corrected chi connectivity index (χ4v) is 5.76. The fourth-order valence-electron chi connectivity index (χ4n) is 5.76. The van der Waals surface area contributed by atoms with Crippen molar-refractivity contribution in [1.82, 2.24) is 20.1 Å². The lowest BCUT2D eigenvalue weighted by atomic mass is 10.0. The van der Waals surface area contributed by atoms with Gasteiger partial charge in [0.1, 0.15) is 5.82 Å². The first kappa shape index (κ1) is 24.6.